The number of carbonyl (C=O) groups is 1. The van der Waals surface area contributed by atoms with Crippen molar-refractivity contribution in [2.45, 2.75) is 26.7 Å². The SMILES string of the molecule is CCCNC(=O)Cc1ccccc1C. The maximum Gasteiger partial charge on any atom is 0.224 e. The standard InChI is InChI=1S/C12H17NO/c1-3-8-13-12(14)9-11-7-5-4-6-10(11)2/h4-7H,3,8-9H2,1-2H3,(H,13,14). The molecule has 0 aliphatic carbocycles. The van der Waals surface area contributed by atoms with Gasteiger partial charge in [-0.15, -0.1) is 0 Å². The fourth-order valence-electron chi connectivity index (χ4n) is 1.31. The molecule has 0 aliphatic rings. The zero-order valence-corrected chi connectivity index (χ0v) is 8.84. The maximum absolute atomic E-state index is 11.4. The van der Waals surface area contributed by atoms with Crippen LogP contribution in [0.4, 0.5) is 0 Å². The molecule has 1 amide bonds. The van der Waals surface area contributed by atoms with Crippen LogP contribution in [-0.4, -0.2) is 12.5 Å². The summed E-state index contributed by atoms with van der Waals surface area (Å²) in [7, 11) is 0. The molecule has 0 aromatic heterocycles. The van der Waals surface area contributed by atoms with Crippen molar-refractivity contribution in [1.29, 1.82) is 0 Å². The van der Waals surface area contributed by atoms with Gasteiger partial charge in [-0.3, -0.25) is 4.79 Å². The van der Waals surface area contributed by atoms with Crippen molar-refractivity contribution in [3.05, 3.63) is 35.4 Å². The first-order valence-electron chi connectivity index (χ1n) is 5.05. The van der Waals surface area contributed by atoms with Gasteiger partial charge < -0.3 is 5.32 Å². The highest BCUT2D eigenvalue weighted by molar-refractivity contribution is 5.78. The van der Waals surface area contributed by atoms with E-state index in [0.717, 1.165) is 18.5 Å². The lowest BCUT2D eigenvalue weighted by Crippen LogP contribution is -2.25. The minimum absolute atomic E-state index is 0.112. The monoisotopic (exact) mass is 191 g/mol. The van der Waals surface area contributed by atoms with E-state index in [9.17, 15) is 4.79 Å². The Morgan fingerprint density at radius 3 is 2.71 bits per heavy atom. The molecule has 2 heteroatoms. The molecule has 0 aliphatic heterocycles. The van der Waals surface area contributed by atoms with E-state index in [0.29, 0.717) is 6.42 Å². The van der Waals surface area contributed by atoms with E-state index in [4.69, 9.17) is 0 Å². The second kappa shape index (κ2) is 5.43. The third-order valence-electron chi connectivity index (χ3n) is 2.18. The Bertz CT molecular complexity index is 307. The molecule has 0 heterocycles. The summed E-state index contributed by atoms with van der Waals surface area (Å²) in [6, 6.07) is 7.99. The molecule has 0 radical (unpaired) electrons. The van der Waals surface area contributed by atoms with Crippen LogP contribution in [-0.2, 0) is 11.2 Å². The lowest BCUT2D eigenvalue weighted by atomic mass is 10.1. The highest BCUT2D eigenvalue weighted by atomic mass is 16.1. The highest BCUT2D eigenvalue weighted by Gasteiger charge is 2.03. The first-order chi connectivity index (χ1) is 6.74. The molecule has 0 spiro atoms. The Labute approximate surface area is 85.3 Å². The molecule has 0 unspecified atom stereocenters. The molecular weight excluding hydrogens is 174 g/mol. The van der Waals surface area contributed by atoms with Gasteiger partial charge in [0.05, 0.1) is 6.42 Å². The zero-order chi connectivity index (χ0) is 10.4. The van der Waals surface area contributed by atoms with E-state index in [1.54, 1.807) is 0 Å². The molecule has 0 saturated carbocycles. The number of hydrogen-bond donors (Lipinski definition) is 1. The highest BCUT2D eigenvalue weighted by Crippen LogP contribution is 2.07. The molecular formula is C12H17NO. The smallest absolute Gasteiger partial charge is 0.224 e. The normalized spacial score (nSPS) is 9.86. The second-order valence-electron chi connectivity index (χ2n) is 3.45. The third-order valence-corrected chi connectivity index (χ3v) is 2.18. The summed E-state index contributed by atoms with van der Waals surface area (Å²) in [6.07, 6.45) is 1.48. The average molecular weight is 191 g/mol. The summed E-state index contributed by atoms with van der Waals surface area (Å²) in [5.74, 6) is 0.112. The van der Waals surface area contributed by atoms with Crippen molar-refractivity contribution in [3.63, 3.8) is 0 Å². The summed E-state index contributed by atoms with van der Waals surface area (Å²) in [5, 5.41) is 2.87. The van der Waals surface area contributed by atoms with Gasteiger partial charge in [-0.25, -0.2) is 0 Å². The first kappa shape index (κ1) is 10.8. The van der Waals surface area contributed by atoms with Crippen LogP contribution in [0.3, 0.4) is 0 Å². The van der Waals surface area contributed by atoms with Crippen LogP contribution < -0.4 is 5.32 Å². The second-order valence-corrected chi connectivity index (χ2v) is 3.45. The van der Waals surface area contributed by atoms with Gasteiger partial charge in [0.1, 0.15) is 0 Å². The van der Waals surface area contributed by atoms with Gasteiger partial charge >= 0.3 is 0 Å². The molecule has 1 aromatic rings. The van der Waals surface area contributed by atoms with Crippen molar-refractivity contribution in [2.24, 2.45) is 0 Å². The van der Waals surface area contributed by atoms with Crippen molar-refractivity contribution in [2.75, 3.05) is 6.54 Å². The van der Waals surface area contributed by atoms with E-state index in [-0.39, 0.29) is 5.91 Å². The fraction of sp³-hybridized carbons (Fsp3) is 0.417. The van der Waals surface area contributed by atoms with Crippen LogP contribution in [0.2, 0.25) is 0 Å². The van der Waals surface area contributed by atoms with Gasteiger partial charge in [-0.05, 0) is 24.5 Å². The lowest BCUT2D eigenvalue weighted by molar-refractivity contribution is -0.120. The van der Waals surface area contributed by atoms with Crippen LogP contribution in [0.5, 0.6) is 0 Å². The lowest BCUT2D eigenvalue weighted by Gasteiger charge is -2.05. The molecule has 1 rings (SSSR count). The first-order valence-corrected chi connectivity index (χ1v) is 5.05. The number of benzene rings is 1. The van der Waals surface area contributed by atoms with Crippen LogP contribution in [0, 0.1) is 6.92 Å². The Balaban J connectivity index is 2.52. The molecule has 0 fully saturated rings. The van der Waals surface area contributed by atoms with E-state index in [1.165, 1.54) is 5.56 Å². The van der Waals surface area contributed by atoms with Crippen molar-refractivity contribution >= 4 is 5.91 Å². The Kier molecular flexibility index (Phi) is 4.17. The predicted molar refractivity (Wildman–Crippen MR) is 58.2 cm³/mol. The predicted octanol–water partition coefficient (Wildman–Crippen LogP) is 2.06. The van der Waals surface area contributed by atoms with Crippen LogP contribution >= 0.6 is 0 Å². The Hall–Kier alpha value is -1.31. The van der Waals surface area contributed by atoms with E-state index >= 15 is 0 Å². The van der Waals surface area contributed by atoms with E-state index in [1.807, 2.05) is 38.1 Å². The van der Waals surface area contributed by atoms with E-state index in [2.05, 4.69) is 5.32 Å². The summed E-state index contributed by atoms with van der Waals surface area (Å²) >= 11 is 0. The summed E-state index contributed by atoms with van der Waals surface area (Å²) in [6.45, 7) is 4.85. The molecule has 14 heavy (non-hydrogen) atoms. The number of carbonyl (C=O) groups excluding carboxylic acids is 1. The fourth-order valence-corrected chi connectivity index (χ4v) is 1.31. The molecule has 1 aromatic carbocycles. The van der Waals surface area contributed by atoms with Gasteiger partial charge in [-0.1, -0.05) is 31.2 Å². The number of nitrogens with one attached hydrogen (secondary N) is 1. The molecule has 0 saturated heterocycles. The van der Waals surface area contributed by atoms with Crippen LogP contribution in [0.1, 0.15) is 24.5 Å². The summed E-state index contributed by atoms with van der Waals surface area (Å²) in [4.78, 5) is 11.4. The Morgan fingerprint density at radius 1 is 1.36 bits per heavy atom. The van der Waals surface area contributed by atoms with Crippen molar-refractivity contribution in [1.82, 2.24) is 5.32 Å². The molecule has 2 nitrogen and oxygen atoms in total. The third kappa shape index (κ3) is 3.21. The zero-order valence-electron chi connectivity index (χ0n) is 8.84. The van der Waals surface area contributed by atoms with Gasteiger partial charge in [0, 0.05) is 6.54 Å². The number of aryl methyl sites for hydroxylation is 1. The Morgan fingerprint density at radius 2 is 2.07 bits per heavy atom. The number of hydrogen-bond acceptors (Lipinski definition) is 1. The quantitative estimate of drug-likeness (QED) is 0.775. The van der Waals surface area contributed by atoms with Gasteiger partial charge in [-0.2, -0.15) is 0 Å². The number of amides is 1. The maximum atomic E-state index is 11.4. The van der Waals surface area contributed by atoms with Gasteiger partial charge in [0.2, 0.25) is 5.91 Å². The van der Waals surface area contributed by atoms with Crippen LogP contribution in [0.25, 0.3) is 0 Å². The molecule has 76 valence electrons. The summed E-state index contributed by atoms with van der Waals surface area (Å²) in [5.41, 5.74) is 2.29. The minimum Gasteiger partial charge on any atom is -0.356 e. The van der Waals surface area contributed by atoms with Crippen molar-refractivity contribution in [3.8, 4) is 0 Å². The van der Waals surface area contributed by atoms with Gasteiger partial charge in [0.15, 0.2) is 0 Å². The largest absolute Gasteiger partial charge is 0.356 e. The van der Waals surface area contributed by atoms with Crippen LogP contribution in [0.15, 0.2) is 24.3 Å². The van der Waals surface area contributed by atoms with E-state index < -0.39 is 0 Å². The molecule has 1 N–H and O–H groups in total. The molecule has 0 atom stereocenters. The van der Waals surface area contributed by atoms with Crippen molar-refractivity contribution < 1.29 is 4.79 Å². The summed E-state index contributed by atoms with van der Waals surface area (Å²) < 4.78 is 0. The topological polar surface area (TPSA) is 29.1 Å². The van der Waals surface area contributed by atoms with Gasteiger partial charge in [0.25, 0.3) is 0 Å². The molecule has 0 bridgehead atoms. The average Bonchev–Trinajstić information content (AvgIpc) is 2.18. The minimum atomic E-state index is 0.112. The number of rotatable bonds is 4.